The van der Waals surface area contributed by atoms with Crippen molar-refractivity contribution in [3.63, 3.8) is 0 Å². The third-order valence-electron chi connectivity index (χ3n) is 2.31. The van der Waals surface area contributed by atoms with E-state index >= 15 is 0 Å². The molecule has 2 rings (SSSR count). The Morgan fingerprint density at radius 1 is 1.14 bits per heavy atom. The summed E-state index contributed by atoms with van der Waals surface area (Å²) in [6, 6.07) is 1.81. The van der Waals surface area contributed by atoms with Crippen molar-refractivity contribution in [2.24, 2.45) is 0 Å². The molecule has 0 fully saturated rings. The van der Waals surface area contributed by atoms with Gasteiger partial charge in [-0.15, -0.1) is 0 Å². The number of halogens is 5. The Hall–Kier alpha value is -1.32. The van der Waals surface area contributed by atoms with Crippen LogP contribution in [0.1, 0.15) is 0 Å². The number of rotatable bonds is 3. The highest BCUT2D eigenvalue weighted by molar-refractivity contribution is 9.10. The summed E-state index contributed by atoms with van der Waals surface area (Å²) < 4.78 is 65.9. The van der Waals surface area contributed by atoms with Crippen molar-refractivity contribution in [1.29, 1.82) is 0 Å². The quantitative estimate of drug-likeness (QED) is 0.798. The second-order valence-electron chi connectivity index (χ2n) is 3.79. The third-order valence-corrected chi connectivity index (χ3v) is 4.52. The molecular formula is C11H5BrClF3N2O2S. The van der Waals surface area contributed by atoms with Gasteiger partial charge in [0.1, 0.15) is 21.6 Å². The van der Waals surface area contributed by atoms with E-state index in [1.807, 2.05) is 0 Å². The summed E-state index contributed by atoms with van der Waals surface area (Å²) >= 11 is 8.65. The summed E-state index contributed by atoms with van der Waals surface area (Å²) in [5.74, 6) is -3.96. The molecule has 0 bridgehead atoms. The van der Waals surface area contributed by atoms with Gasteiger partial charge in [-0.2, -0.15) is 0 Å². The second-order valence-corrected chi connectivity index (χ2v) is 6.72. The summed E-state index contributed by atoms with van der Waals surface area (Å²) in [6.45, 7) is 0. The van der Waals surface area contributed by atoms with E-state index in [2.05, 4.69) is 20.9 Å². The van der Waals surface area contributed by atoms with Gasteiger partial charge in [-0.3, -0.25) is 4.72 Å². The fourth-order valence-electron chi connectivity index (χ4n) is 1.42. The Bertz CT molecular complexity index is 794. The second kappa shape index (κ2) is 5.82. The first kappa shape index (κ1) is 16.1. The fraction of sp³-hybridized carbons (Fsp3) is 0. The molecule has 0 aliphatic rings. The van der Waals surface area contributed by atoms with E-state index in [9.17, 15) is 21.6 Å². The van der Waals surface area contributed by atoms with Crippen molar-refractivity contribution < 1.29 is 21.6 Å². The maximum atomic E-state index is 13.5. The molecule has 0 saturated heterocycles. The first-order valence-corrected chi connectivity index (χ1v) is 7.84. The molecule has 1 aromatic carbocycles. The monoisotopic (exact) mass is 400 g/mol. The summed E-state index contributed by atoms with van der Waals surface area (Å²) in [6.07, 6.45) is 1.25. The number of pyridine rings is 1. The molecule has 4 nitrogen and oxygen atoms in total. The lowest BCUT2D eigenvalue weighted by Gasteiger charge is -2.11. The van der Waals surface area contributed by atoms with Crippen molar-refractivity contribution in [3.05, 3.63) is 51.5 Å². The molecule has 1 N–H and O–H groups in total. The van der Waals surface area contributed by atoms with Gasteiger partial charge in [-0.05, 0) is 22.0 Å². The van der Waals surface area contributed by atoms with E-state index in [1.165, 1.54) is 6.20 Å². The largest absolute Gasteiger partial charge is 0.274 e. The highest BCUT2D eigenvalue weighted by Crippen LogP contribution is 2.27. The van der Waals surface area contributed by atoms with Crippen molar-refractivity contribution in [1.82, 2.24) is 4.98 Å². The Kier molecular flexibility index (Phi) is 4.45. The minimum absolute atomic E-state index is 0.298. The topological polar surface area (TPSA) is 59.1 Å². The van der Waals surface area contributed by atoms with Crippen molar-refractivity contribution in [2.45, 2.75) is 4.90 Å². The molecule has 2 aromatic rings. The predicted octanol–water partition coefficient (Wildman–Crippen LogP) is 3.72. The molecule has 0 unspecified atom stereocenters. The molecule has 0 radical (unpaired) electrons. The van der Waals surface area contributed by atoms with Crippen LogP contribution >= 0.6 is 27.5 Å². The Balaban J connectivity index is 2.50. The van der Waals surface area contributed by atoms with E-state index in [0.29, 0.717) is 16.6 Å². The molecule has 10 heteroatoms. The normalized spacial score (nSPS) is 11.5. The first-order chi connectivity index (χ1) is 9.70. The zero-order valence-corrected chi connectivity index (χ0v) is 13.0. The third kappa shape index (κ3) is 3.47. The SMILES string of the molecule is O=S(=O)(Nc1c(F)cc(F)cc1F)c1cc(Br)cnc1Cl. The molecule has 1 aromatic heterocycles. The zero-order chi connectivity index (χ0) is 15.8. The van der Waals surface area contributed by atoms with Crippen LogP contribution in [0.2, 0.25) is 5.15 Å². The maximum Gasteiger partial charge on any atom is 0.265 e. The molecule has 0 aliphatic carbocycles. The Morgan fingerprint density at radius 3 is 2.29 bits per heavy atom. The smallest absolute Gasteiger partial charge is 0.265 e. The lowest BCUT2D eigenvalue weighted by atomic mass is 10.3. The molecule has 0 amide bonds. The number of sulfonamides is 1. The van der Waals surface area contributed by atoms with Crippen molar-refractivity contribution in [3.8, 4) is 0 Å². The van der Waals surface area contributed by atoms with Crippen LogP contribution in [0.15, 0.2) is 33.8 Å². The average Bonchev–Trinajstić information content (AvgIpc) is 2.36. The number of benzene rings is 1. The highest BCUT2D eigenvalue weighted by Gasteiger charge is 2.23. The van der Waals surface area contributed by atoms with Crippen LogP contribution in [0.25, 0.3) is 0 Å². The number of anilines is 1. The number of hydrogen-bond acceptors (Lipinski definition) is 3. The van der Waals surface area contributed by atoms with Crippen LogP contribution in [-0.4, -0.2) is 13.4 Å². The average molecular weight is 402 g/mol. The van der Waals surface area contributed by atoms with Gasteiger partial charge in [-0.1, -0.05) is 11.6 Å². The standard InChI is InChI=1S/C11H5BrClF3N2O2S/c12-5-1-9(11(13)17-4-5)21(19,20)18-10-7(15)2-6(14)3-8(10)16/h1-4,18H. The van der Waals surface area contributed by atoms with Gasteiger partial charge >= 0.3 is 0 Å². The lowest BCUT2D eigenvalue weighted by molar-refractivity contribution is 0.547. The number of nitrogens with zero attached hydrogens (tertiary/aromatic N) is 1. The number of hydrogen-bond donors (Lipinski definition) is 1. The van der Waals surface area contributed by atoms with E-state index in [1.54, 1.807) is 4.72 Å². The van der Waals surface area contributed by atoms with Crippen LogP contribution in [0.3, 0.4) is 0 Å². The van der Waals surface area contributed by atoms with Gasteiger partial charge in [0.25, 0.3) is 10.0 Å². The van der Waals surface area contributed by atoms with Gasteiger partial charge in [0.15, 0.2) is 11.6 Å². The summed E-state index contributed by atoms with van der Waals surface area (Å²) in [7, 11) is -4.40. The number of aromatic nitrogens is 1. The molecule has 0 spiro atoms. The highest BCUT2D eigenvalue weighted by atomic mass is 79.9. The molecule has 0 aliphatic heterocycles. The molecule has 1 heterocycles. The van der Waals surface area contributed by atoms with E-state index in [-0.39, 0.29) is 5.15 Å². The molecule has 112 valence electrons. The van der Waals surface area contributed by atoms with Crippen LogP contribution in [0.4, 0.5) is 18.9 Å². The first-order valence-electron chi connectivity index (χ1n) is 5.19. The minimum atomic E-state index is -4.40. The summed E-state index contributed by atoms with van der Waals surface area (Å²) in [4.78, 5) is 3.11. The van der Waals surface area contributed by atoms with E-state index in [4.69, 9.17) is 11.6 Å². The van der Waals surface area contributed by atoms with E-state index < -0.39 is 38.1 Å². The molecule has 0 atom stereocenters. The van der Waals surface area contributed by atoms with Gasteiger partial charge in [-0.25, -0.2) is 26.6 Å². The Labute approximate surface area is 131 Å². The van der Waals surface area contributed by atoms with Crippen LogP contribution < -0.4 is 4.72 Å². The fourth-order valence-corrected chi connectivity index (χ4v) is 3.44. The summed E-state index contributed by atoms with van der Waals surface area (Å²) in [5.41, 5.74) is -1.01. The predicted molar refractivity (Wildman–Crippen MR) is 74.1 cm³/mol. The summed E-state index contributed by atoms with van der Waals surface area (Å²) in [5, 5.41) is -0.381. The van der Waals surface area contributed by atoms with Crippen molar-refractivity contribution >= 4 is 43.2 Å². The maximum absolute atomic E-state index is 13.5. The minimum Gasteiger partial charge on any atom is -0.274 e. The van der Waals surface area contributed by atoms with Gasteiger partial charge < -0.3 is 0 Å². The number of nitrogens with one attached hydrogen (secondary N) is 1. The van der Waals surface area contributed by atoms with Crippen LogP contribution in [-0.2, 0) is 10.0 Å². The van der Waals surface area contributed by atoms with Gasteiger partial charge in [0.2, 0.25) is 0 Å². The Morgan fingerprint density at radius 2 is 1.71 bits per heavy atom. The van der Waals surface area contributed by atoms with E-state index in [0.717, 1.165) is 6.07 Å². The van der Waals surface area contributed by atoms with Crippen LogP contribution in [0, 0.1) is 17.5 Å². The van der Waals surface area contributed by atoms with Gasteiger partial charge in [0, 0.05) is 22.8 Å². The van der Waals surface area contributed by atoms with Gasteiger partial charge in [0.05, 0.1) is 0 Å². The lowest BCUT2D eigenvalue weighted by Crippen LogP contribution is -2.16. The molecule has 0 saturated carbocycles. The van der Waals surface area contributed by atoms with Crippen LogP contribution in [0.5, 0.6) is 0 Å². The molecular weight excluding hydrogens is 397 g/mol. The molecule has 21 heavy (non-hydrogen) atoms. The van der Waals surface area contributed by atoms with Crippen molar-refractivity contribution in [2.75, 3.05) is 4.72 Å². The zero-order valence-electron chi connectivity index (χ0n) is 9.87.